The van der Waals surface area contributed by atoms with Crippen molar-refractivity contribution in [2.75, 3.05) is 27.7 Å². The fraction of sp³-hybridized carbons (Fsp3) is 0.385. The molecule has 0 radical (unpaired) electrons. The number of rotatable bonds is 5. The summed E-state index contributed by atoms with van der Waals surface area (Å²) in [5.41, 5.74) is 6.65. The first-order valence-corrected chi connectivity index (χ1v) is 6.47. The van der Waals surface area contributed by atoms with Gasteiger partial charge in [0.05, 0.1) is 18.7 Å². The Balaban J connectivity index is 2.31. The van der Waals surface area contributed by atoms with Crippen LogP contribution in [0.5, 0.6) is 5.75 Å². The number of halogens is 1. The molecule has 1 heterocycles. The largest absolute Gasteiger partial charge is 0.496 e. The summed E-state index contributed by atoms with van der Waals surface area (Å²) in [5.74, 6) is 1.41. The molecule has 0 aliphatic carbocycles. The van der Waals surface area contributed by atoms with Gasteiger partial charge in [0.15, 0.2) is 5.82 Å². The molecule has 0 saturated carbocycles. The number of hydrogen-bond donors (Lipinski definition) is 1. The van der Waals surface area contributed by atoms with E-state index >= 15 is 0 Å². The summed E-state index contributed by atoms with van der Waals surface area (Å²) < 4.78 is 10.5. The fourth-order valence-electron chi connectivity index (χ4n) is 1.82. The minimum Gasteiger partial charge on any atom is -0.496 e. The van der Waals surface area contributed by atoms with Crippen molar-refractivity contribution in [3.63, 3.8) is 0 Å². The summed E-state index contributed by atoms with van der Waals surface area (Å²) in [5, 5.41) is 4.48. The highest BCUT2D eigenvalue weighted by molar-refractivity contribution is 6.30. The summed E-state index contributed by atoms with van der Waals surface area (Å²) in [6.45, 7) is 0.631. The van der Waals surface area contributed by atoms with E-state index in [0.717, 1.165) is 0 Å². The Bertz CT molecular complexity index is 586. The number of methoxy groups -OCH3 is 1. The van der Waals surface area contributed by atoms with Crippen LogP contribution in [0, 0.1) is 0 Å². The van der Waals surface area contributed by atoms with Crippen molar-refractivity contribution in [2.24, 2.45) is 5.73 Å². The molecular weight excluding hydrogens is 280 g/mol. The first-order chi connectivity index (χ1) is 9.51. The molecule has 20 heavy (non-hydrogen) atoms. The van der Waals surface area contributed by atoms with Gasteiger partial charge in [0.1, 0.15) is 5.75 Å². The lowest BCUT2D eigenvalue weighted by Crippen LogP contribution is -2.26. The van der Waals surface area contributed by atoms with Crippen molar-refractivity contribution in [1.82, 2.24) is 15.0 Å². The maximum Gasteiger partial charge on any atom is 0.261 e. The van der Waals surface area contributed by atoms with Gasteiger partial charge in [0, 0.05) is 11.6 Å². The van der Waals surface area contributed by atoms with Gasteiger partial charge in [-0.3, -0.25) is 0 Å². The lowest BCUT2D eigenvalue weighted by atomic mass is 10.2. The summed E-state index contributed by atoms with van der Waals surface area (Å²) in [4.78, 5) is 6.27. The van der Waals surface area contributed by atoms with E-state index in [1.165, 1.54) is 0 Å². The molecular formula is C13H17ClN4O2. The van der Waals surface area contributed by atoms with Gasteiger partial charge in [-0.1, -0.05) is 16.8 Å². The van der Waals surface area contributed by atoms with E-state index in [2.05, 4.69) is 10.1 Å². The second kappa shape index (κ2) is 6.21. The molecule has 1 aromatic heterocycles. The minimum absolute atomic E-state index is 0.312. The highest BCUT2D eigenvalue weighted by Crippen LogP contribution is 2.31. The number of benzene rings is 1. The fourth-order valence-corrected chi connectivity index (χ4v) is 1.99. The normalized spacial score (nSPS) is 12.7. The molecule has 0 bridgehead atoms. The quantitative estimate of drug-likeness (QED) is 0.909. The number of hydrogen-bond acceptors (Lipinski definition) is 6. The molecule has 0 spiro atoms. The van der Waals surface area contributed by atoms with Crippen LogP contribution in [0.15, 0.2) is 22.7 Å². The summed E-state index contributed by atoms with van der Waals surface area (Å²) >= 11 is 5.99. The molecule has 1 aromatic carbocycles. The first-order valence-electron chi connectivity index (χ1n) is 6.09. The van der Waals surface area contributed by atoms with Gasteiger partial charge in [-0.2, -0.15) is 4.98 Å². The molecule has 0 saturated heterocycles. The van der Waals surface area contributed by atoms with E-state index in [1.807, 2.05) is 19.0 Å². The molecule has 108 valence electrons. The number of ether oxygens (including phenoxy) is 1. The van der Waals surface area contributed by atoms with E-state index in [0.29, 0.717) is 34.6 Å². The molecule has 6 nitrogen and oxygen atoms in total. The van der Waals surface area contributed by atoms with Crippen LogP contribution in [-0.2, 0) is 0 Å². The van der Waals surface area contributed by atoms with Gasteiger partial charge in [0.25, 0.3) is 5.89 Å². The van der Waals surface area contributed by atoms with Crippen LogP contribution in [0.2, 0.25) is 5.02 Å². The van der Waals surface area contributed by atoms with Crippen molar-refractivity contribution >= 4 is 11.6 Å². The first kappa shape index (κ1) is 14.8. The predicted octanol–water partition coefficient (Wildman–Crippen LogP) is 1.96. The Morgan fingerprint density at radius 1 is 1.45 bits per heavy atom. The van der Waals surface area contributed by atoms with Crippen molar-refractivity contribution in [2.45, 2.75) is 6.04 Å². The SMILES string of the molecule is COc1ccc(Cl)cc1-c1nc(C(N)CN(C)C)no1. The number of likely N-dealkylation sites (N-methyl/N-ethyl adjacent to an activating group) is 1. The van der Waals surface area contributed by atoms with E-state index < -0.39 is 0 Å². The Kier molecular flexibility index (Phi) is 4.59. The van der Waals surface area contributed by atoms with Crippen molar-refractivity contribution in [3.8, 4) is 17.2 Å². The van der Waals surface area contributed by atoms with Crippen LogP contribution in [0.1, 0.15) is 11.9 Å². The molecule has 7 heteroatoms. The zero-order valence-electron chi connectivity index (χ0n) is 11.6. The van der Waals surface area contributed by atoms with Crippen LogP contribution >= 0.6 is 11.6 Å². The molecule has 2 N–H and O–H groups in total. The van der Waals surface area contributed by atoms with Crippen LogP contribution < -0.4 is 10.5 Å². The lowest BCUT2D eigenvalue weighted by molar-refractivity contribution is 0.356. The zero-order valence-corrected chi connectivity index (χ0v) is 12.4. The summed E-state index contributed by atoms with van der Waals surface area (Å²) in [7, 11) is 5.43. The molecule has 2 aromatic rings. The van der Waals surface area contributed by atoms with Gasteiger partial charge in [0.2, 0.25) is 0 Å². The Labute approximate surface area is 122 Å². The van der Waals surface area contributed by atoms with Gasteiger partial charge < -0.3 is 19.9 Å². The average molecular weight is 297 g/mol. The van der Waals surface area contributed by atoms with E-state index in [9.17, 15) is 0 Å². The Morgan fingerprint density at radius 3 is 2.85 bits per heavy atom. The monoisotopic (exact) mass is 296 g/mol. The number of nitrogens with two attached hydrogens (primary N) is 1. The standard InChI is InChI=1S/C13H17ClN4O2/c1-18(2)7-10(15)12-16-13(20-17-12)9-6-8(14)4-5-11(9)19-3/h4-6,10H,7,15H2,1-3H3. The van der Waals surface area contributed by atoms with E-state index in [-0.39, 0.29) is 6.04 Å². The highest BCUT2D eigenvalue weighted by atomic mass is 35.5. The second-order valence-corrected chi connectivity index (χ2v) is 5.11. The van der Waals surface area contributed by atoms with E-state index in [1.54, 1.807) is 25.3 Å². The molecule has 0 aliphatic heterocycles. The van der Waals surface area contributed by atoms with Crippen LogP contribution in [0.3, 0.4) is 0 Å². The van der Waals surface area contributed by atoms with Gasteiger partial charge in [-0.05, 0) is 32.3 Å². The highest BCUT2D eigenvalue weighted by Gasteiger charge is 2.18. The lowest BCUT2D eigenvalue weighted by Gasteiger charge is -2.12. The Morgan fingerprint density at radius 2 is 2.20 bits per heavy atom. The maximum atomic E-state index is 6.00. The van der Waals surface area contributed by atoms with Gasteiger partial charge in [-0.25, -0.2) is 0 Å². The topological polar surface area (TPSA) is 77.4 Å². The minimum atomic E-state index is -0.312. The summed E-state index contributed by atoms with van der Waals surface area (Å²) in [6, 6.07) is 4.89. The summed E-state index contributed by atoms with van der Waals surface area (Å²) in [6.07, 6.45) is 0. The van der Waals surface area contributed by atoms with Crippen molar-refractivity contribution < 1.29 is 9.26 Å². The van der Waals surface area contributed by atoms with Crippen LogP contribution in [-0.4, -0.2) is 42.8 Å². The van der Waals surface area contributed by atoms with Crippen molar-refractivity contribution in [3.05, 3.63) is 29.0 Å². The third-order valence-electron chi connectivity index (χ3n) is 2.73. The molecule has 1 atom stereocenters. The molecule has 2 rings (SSSR count). The predicted molar refractivity (Wildman–Crippen MR) is 76.8 cm³/mol. The van der Waals surface area contributed by atoms with Crippen LogP contribution in [0.25, 0.3) is 11.5 Å². The number of nitrogens with zero attached hydrogens (tertiary/aromatic N) is 3. The van der Waals surface area contributed by atoms with E-state index in [4.69, 9.17) is 26.6 Å². The van der Waals surface area contributed by atoms with Gasteiger partial charge >= 0.3 is 0 Å². The third-order valence-corrected chi connectivity index (χ3v) is 2.96. The van der Waals surface area contributed by atoms with Crippen molar-refractivity contribution in [1.29, 1.82) is 0 Å². The van der Waals surface area contributed by atoms with Crippen LogP contribution in [0.4, 0.5) is 0 Å². The molecule has 0 amide bonds. The smallest absolute Gasteiger partial charge is 0.261 e. The molecule has 0 fully saturated rings. The Hall–Kier alpha value is -1.63. The zero-order chi connectivity index (χ0) is 14.7. The third kappa shape index (κ3) is 3.27. The van der Waals surface area contributed by atoms with Gasteiger partial charge in [-0.15, -0.1) is 0 Å². The number of aromatic nitrogens is 2. The molecule has 1 unspecified atom stereocenters. The maximum absolute atomic E-state index is 6.00. The average Bonchev–Trinajstić information content (AvgIpc) is 2.87. The second-order valence-electron chi connectivity index (χ2n) is 4.67. The molecule has 0 aliphatic rings.